The molecule has 1 fully saturated rings. The standard InChI is InChI=1S/C27H28F3N3O2S/c1-26(2,3)35-25(34)32-7-6-23-21(14-32)20-12-17(11-18-15-36-9-8-33(23)24(18)20)19-5-4-16(13-31)10-22(19)27(28,29)30/h4-5,10-12,21,23H,6-9,14-15H2,1-3H3/t21-,23-/m0/s1. The molecule has 0 saturated carbocycles. The second kappa shape index (κ2) is 8.91. The van der Waals surface area contributed by atoms with Crippen molar-refractivity contribution in [3.05, 3.63) is 52.6 Å². The normalized spacial score (nSPS) is 21.4. The summed E-state index contributed by atoms with van der Waals surface area (Å²) < 4.78 is 47.6. The fourth-order valence-electron chi connectivity index (χ4n) is 5.62. The van der Waals surface area contributed by atoms with Crippen molar-refractivity contribution in [3.8, 4) is 17.2 Å². The summed E-state index contributed by atoms with van der Waals surface area (Å²) in [6.07, 6.45) is -4.16. The molecule has 2 atom stereocenters. The Bertz CT molecular complexity index is 1250. The number of rotatable bonds is 1. The molecule has 5 rings (SSSR count). The fraction of sp³-hybridized carbons (Fsp3) is 0.481. The number of hydrogen-bond donors (Lipinski definition) is 0. The molecule has 9 heteroatoms. The first-order valence-electron chi connectivity index (χ1n) is 12.1. The van der Waals surface area contributed by atoms with Gasteiger partial charge in [-0.2, -0.15) is 30.2 Å². The number of carbonyl (C=O) groups is 1. The molecule has 0 N–H and O–H groups in total. The Labute approximate surface area is 213 Å². The number of carbonyl (C=O) groups excluding carboxylic acids is 1. The summed E-state index contributed by atoms with van der Waals surface area (Å²) in [5, 5.41) is 9.17. The molecule has 0 aliphatic carbocycles. The summed E-state index contributed by atoms with van der Waals surface area (Å²) >= 11 is 1.78. The van der Waals surface area contributed by atoms with E-state index in [0.29, 0.717) is 18.7 Å². The summed E-state index contributed by atoms with van der Waals surface area (Å²) in [6.45, 7) is 7.44. The minimum absolute atomic E-state index is 0.00390. The first kappa shape index (κ1) is 24.8. The second-order valence-corrected chi connectivity index (χ2v) is 11.7. The van der Waals surface area contributed by atoms with Crippen molar-refractivity contribution in [3.63, 3.8) is 0 Å². The Balaban J connectivity index is 1.59. The summed E-state index contributed by atoms with van der Waals surface area (Å²) in [5.41, 5.74) is 2.29. The molecule has 0 radical (unpaired) electrons. The van der Waals surface area contributed by atoms with Crippen molar-refractivity contribution < 1.29 is 22.7 Å². The van der Waals surface area contributed by atoms with Crippen molar-refractivity contribution in [1.82, 2.24) is 4.90 Å². The van der Waals surface area contributed by atoms with E-state index < -0.39 is 17.3 Å². The number of nitrogens with zero attached hydrogens (tertiary/aromatic N) is 3. The van der Waals surface area contributed by atoms with Gasteiger partial charge in [-0.15, -0.1) is 0 Å². The monoisotopic (exact) mass is 515 g/mol. The van der Waals surface area contributed by atoms with Gasteiger partial charge in [0.05, 0.1) is 17.2 Å². The van der Waals surface area contributed by atoms with E-state index in [0.717, 1.165) is 47.4 Å². The van der Waals surface area contributed by atoms with Crippen LogP contribution in [-0.4, -0.2) is 48.0 Å². The predicted molar refractivity (Wildman–Crippen MR) is 134 cm³/mol. The number of likely N-dealkylation sites (tertiary alicyclic amines) is 1. The molecule has 0 aromatic heterocycles. The van der Waals surface area contributed by atoms with Crippen LogP contribution in [0, 0.1) is 11.3 Å². The number of anilines is 1. The molecule has 1 saturated heterocycles. The van der Waals surface area contributed by atoms with Gasteiger partial charge in [0.2, 0.25) is 0 Å². The Morgan fingerprint density at radius 1 is 1.17 bits per heavy atom. The van der Waals surface area contributed by atoms with E-state index in [4.69, 9.17) is 10.00 Å². The lowest BCUT2D eigenvalue weighted by atomic mass is 9.86. The highest BCUT2D eigenvalue weighted by Crippen LogP contribution is 2.51. The lowest BCUT2D eigenvalue weighted by Crippen LogP contribution is -2.49. The first-order chi connectivity index (χ1) is 17.0. The molecule has 190 valence electrons. The van der Waals surface area contributed by atoms with Crippen molar-refractivity contribution >= 4 is 23.5 Å². The number of benzene rings is 2. The number of thioether (sulfide) groups is 1. The molecular weight excluding hydrogens is 487 g/mol. The summed E-state index contributed by atoms with van der Waals surface area (Å²) in [7, 11) is 0. The molecule has 2 aromatic rings. The maximum Gasteiger partial charge on any atom is 0.417 e. The van der Waals surface area contributed by atoms with E-state index in [-0.39, 0.29) is 29.2 Å². The van der Waals surface area contributed by atoms with Crippen molar-refractivity contribution in [2.75, 3.05) is 30.3 Å². The van der Waals surface area contributed by atoms with Crippen LogP contribution in [0.4, 0.5) is 23.7 Å². The average Bonchev–Trinajstić information content (AvgIpc) is 2.96. The summed E-state index contributed by atoms with van der Waals surface area (Å²) in [6, 6.07) is 9.53. The predicted octanol–water partition coefficient (Wildman–Crippen LogP) is 6.40. The van der Waals surface area contributed by atoms with Crippen LogP contribution in [0.3, 0.4) is 0 Å². The lowest BCUT2D eigenvalue weighted by molar-refractivity contribution is -0.137. The van der Waals surface area contributed by atoms with E-state index in [1.54, 1.807) is 16.7 Å². The fourth-order valence-corrected chi connectivity index (χ4v) is 6.53. The van der Waals surface area contributed by atoms with E-state index in [2.05, 4.69) is 4.90 Å². The van der Waals surface area contributed by atoms with E-state index in [9.17, 15) is 18.0 Å². The lowest BCUT2D eigenvalue weighted by Gasteiger charge is -2.39. The number of alkyl halides is 3. The Hall–Kier alpha value is -2.86. The van der Waals surface area contributed by atoms with Crippen LogP contribution in [0.5, 0.6) is 0 Å². The third-order valence-corrected chi connectivity index (χ3v) is 8.02. The molecule has 2 aromatic carbocycles. The van der Waals surface area contributed by atoms with Crippen LogP contribution in [0.2, 0.25) is 0 Å². The zero-order chi connectivity index (χ0) is 25.8. The Morgan fingerprint density at radius 3 is 2.64 bits per heavy atom. The van der Waals surface area contributed by atoms with Crippen molar-refractivity contribution in [2.45, 2.75) is 56.7 Å². The smallest absolute Gasteiger partial charge is 0.417 e. The van der Waals surface area contributed by atoms with Gasteiger partial charge in [0.15, 0.2) is 0 Å². The quantitative estimate of drug-likeness (QED) is 0.440. The van der Waals surface area contributed by atoms with Gasteiger partial charge in [-0.05, 0) is 73.7 Å². The van der Waals surface area contributed by atoms with Gasteiger partial charge in [0.25, 0.3) is 0 Å². The SMILES string of the molecule is CC(C)(C)OC(=O)N1CC[C@H]2[C@@H](C1)c1cc(-c3ccc(C#N)cc3C(F)(F)F)cc3c1N2CCSC3. The van der Waals surface area contributed by atoms with Crippen LogP contribution in [0.1, 0.15) is 55.4 Å². The summed E-state index contributed by atoms with van der Waals surface area (Å²) in [4.78, 5) is 17.0. The highest BCUT2D eigenvalue weighted by molar-refractivity contribution is 7.98. The zero-order valence-corrected chi connectivity index (χ0v) is 21.3. The van der Waals surface area contributed by atoms with Crippen LogP contribution >= 0.6 is 11.8 Å². The highest BCUT2D eigenvalue weighted by atomic mass is 32.2. The van der Waals surface area contributed by atoms with Crippen LogP contribution in [0.15, 0.2) is 30.3 Å². The average molecular weight is 516 g/mol. The van der Waals surface area contributed by atoms with E-state index in [1.807, 2.05) is 39.0 Å². The number of ether oxygens (including phenoxy) is 1. The minimum Gasteiger partial charge on any atom is -0.444 e. The number of halogens is 3. The molecule has 3 aliphatic heterocycles. The first-order valence-corrected chi connectivity index (χ1v) is 13.2. The Kier molecular flexibility index (Phi) is 6.14. The number of hydrogen-bond acceptors (Lipinski definition) is 5. The van der Waals surface area contributed by atoms with E-state index >= 15 is 0 Å². The molecule has 1 amide bonds. The van der Waals surface area contributed by atoms with Crippen molar-refractivity contribution in [2.24, 2.45) is 0 Å². The maximum absolute atomic E-state index is 14.0. The molecule has 36 heavy (non-hydrogen) atoms. The van der Waals surface area contributed by atoms with E-state index in [1.165, 1.54) is 12.1 Å². The molecule has 5 nitrogen and oxygen atoms in total. The number of piperidine rings is 1. The topological polar surface area (TPSA) is 56.6 Å². The third kappa shape index (κ3) is 4.52. The van der Waals surface area contributed by atoms with Gasteiger partial charge < -0.3 is 14.5 Å². The van der Waals surface area contributed by atoms with Crippen molar-refractivity contribution in [1.29, 1.82) is 5.26 Å². The van der Waals surface area contributed by atoms with Gasteiger partial charge in [-0.1, -0.05) is 6.07 Å². The molecule has 0 spiro atoms. The van der Waals surface area contributed by atoms with Gasteiger partial charge in [-0.3, -0.25) is 0 Å². The number of amides is 1. The van der Waals surface area contributed by atoms with Gasteiger partial charge >= 0.3 is 12.3 Å². The number of fused-ring (bicyclic) bond motifs is 3. The molecule has 3 heterocycles. The second-order valence-electron chi connectivity index (χ2n) is 10.6. The Morgan fingerprint density at radius 2 is 1.94 bits per heavy atom. The third-order valence-electron chi connectivity index (χ3n) is 7.03. The molecule has 0 unspecified atom stereocenters. The zero-order valence-electron chi connectivity index (χ0n) is 20.5. The highest BCUT2D eigenvalue weighted by Gasteiger charge is 2.45. The molecule has 3 aliphatic rings. The van der Waals surface area contributed by atoms with Gasteiger partial charge in [0, 0.05) is 48.8 Å². The van der Waals surface area contributed by atoms with Gasteiger partial charge in [0.1, 0.15) is 5.60 Å². The molecular formula is C27H28F3N3O2S. The minimum atomic E-state index is -4.59. The van der Waals surface area contributed by atoms with Crippen LogP contribution in [-0.2, 0) is 16.7 Å². The maximum atomic E-state index is 14.0. The summed E-state index contributed by atoms with van der Waals surface area (Å²) in [5.74, 6) is 1.66. The largest absolute Gasteiger partial charge is 0.444 e. The van der Waals surface area contributed by atoms with Crippen LogP contribution < -0.4 is 4.90 Å². The molecule has 0 bridgehead atoms. The van der Waals surface area contributed by atoms with Gasteiger partial charge in [-0.25, -0.2) is 4.79 Å². The van der Waals surface area contributed by atoms with Crippen LogP contribution in [0.25, 0.3) is 11.1 Å². The number of nitriles is 1.